The van der Waals surface area contributed by atoms with E-state index in [2.05, 4.69) is 22.7 Å². The maximum absolute atomic E-state index is 13.7. The lowest BCUT2D eigenvalue weighted by Gasteiger charge is -2.09. The number of imidazole rings is 1. The topological polar surface area (TPSA) is 35.6 Å². The van der Waals surface area contributed by atoms with E-state index in [-0.39, 0.29) is 11.6 Å². The lowest BCUT2D eigenvalue weighted by molar-refractivity contribution is 0.619. The third-order valence-corrected chi connectivity index (χ3v) is 5.75. The lowest BCUT2D eigenvalue weighted by atomic mass is 10.0. The summed E-state index contributed by atoms with van der Waals surface area (Å²) in [5.74, 6) is 0.406. The normalized spacial score (nSPS) is 11.4. The lowest BCUT2D eigenvalue weighted by Crippen LogP contribution is -2.07. The Morgan fingerprint density at radius 1 is 0.906 bits per heavy atom. The van der Waals surface area contributed by atoms with Crippen molar-refractivity contribution in [3.05, 3.63) is 102 Å². The quantitative estimate of drug-likeness (QED) is 0.340. The molecule has 0 N–H and O–H groups in total. The van der Waals surface area contributed by atoms with Gasteiger partial charge in [-0.2, -0.15) is 5.10 Å². The Morgan fingerprint density at radius 2 is 1.72 bits per heavy atom. The summed E-state index contributed by atoms with van der Waals surface area (Å²) < 4.78 is 31.3. The third kappa shape index (κ3) is 3.58. The fourth-order valence-electron chi connectivity index (χ4n) is 4.14. The minimum atomic E-state index is -0.298. The van der Waals surface area contributed by atoms with Crippen molar-refractivity contribution in [3.63, 3.8) is 0 Å². The molecule has 0 radical (unpaired) electrons. The molecule has 0 aliphatic carbocycles. The van der Waals surface area contributed by atoms with Crippen LogP contribution in [0.3, 0.4) is 0 Å². The summed E-state index contributed by atoms with van der Waals surface area (Å²) >= 11 is 0. The van der Waals surface area contributed by atoms with Crippen molar-refractivity contribution in [1.29, 1.82) is 0 Å². The van der Waals surface area contributed by atoms with Crippen molar-refractivity contribution in [2.24, 2.45) is 0 Å². The van der Waals surface area contributed by atoms with Gasteiger partial charge in [0.1, 0.15) is 17.5 Å². The van der Waals surface area contributed by atoms with Gasteiger partial charge in [-0.3, -0.25) is 0 Å². The van der Waals surface area contributed by atoms with Crippen molar-refractivity contribution in [1.82, 2.24) is 19.3 Å². The Morgan fingerprint density at radius 3 is 2.50 bits per heavy atom. The standard InChI is InChI=1S/C26H22F2N4/c1-3-31-25-10-8-19(18-7-9-23(28)17(2)13-18)14-24(25)30-26(31)16-22-11-12-29-32(22)21-6-4-5-20(27)15-21/h4-15H,3,16H2,1-2H3. The van der Waals surface area contributed by atoms with Gasteiger partial charge >= 0.3 is 0 Å². The Labute approximate surface area is 184 Å². The second kappa shape index (κ2) is 8.04. The Balaban J connectivity index is 1.54. The second-order valence-electron chi connectivity index (χ2n) is 7.83. The van der Waals surface area contributed by atoms with Crippen molar-refractivity contribution in [2.45, 2.75) is 26.8 Å². The van der Waals surface area contributed by atoms with E-state index >= 15 is 0 Å². The zero-order valence-electron chi connectivity index (χ0n) is 17.9. The molecule has 4 nitrogen and oxygen atoms in total. The summed E-state index contributed by atoms with van der Waals surface area (Å²) in [4.78, 5) is 4.91. The molecule has 5 rings (SSSR count). The Kier molecular flexibility index (Phi) is 5.05. The Hall–Kier alpha value is -3.80. The summed E-state index contributed by atoms with van der Waals surface area (Å²) in [6.45, 7) is 4.63. The highest BCUT2D eigenvalue weighted by Crippen LogP contribution is 2.27. The van der Waals surface area contributed by atoms with Gasteiger partial charge in [0.15, 0.2) is 0 Å². The van der Waals surface area contributed by atoms with E-state index in [4.69, 9.17) is 4.98 Å². The minimum Gasteiger partial charge on any atom is -0.328 e. The average Bonchev–Trinajstić information content (AvgIpc) is 3.39. The van der Waals surface area contributed by atoms with Crippen LogP contribution in [0.1, 0.15) is 24.0 Å². The monoisotopic (exact) mass is 428 g/mol. The van der Waals surface area contributed by atoms with Gasteiger partial charge in [0.25, 0.3) is 0 Å². The molecule has 0 amide bonds. The van der Waals surface area contributed by atoms with Crippen LogP contribution in [0.2, 0.25) is 0 Å². The number of halogens is 2. The van der Waals surface area contributed by atoms with Crippen LogP contribution in [0.15, 0.2) is 72.9 Å². The molecule has 0 atom stereocenters. The van der Waals surface area contributed by atoms with Crippen molar-refractivity contribution >= 4 is 11.0 Å². The fourth-order valence-corrected chi connectivity index (χ4v) is 4.14. The van der Waals surface area contributed by atoms with Gasteiger partial charge in [0.2, 0.25) is 0 Å². The number of benzene rings is 3. The summed E-state index contributed by atoms with van der Waals surface area (Å²) in [5, 5.41) is 4.38. The molecule has 0 aliphatic rings. The molecule has 0 aliphatic heterocycles. The zero-order chi connectivity index (χ0) is 22.2. The summed E-state index contributed by atoms with van der Waals surface area (Å²) in [7, 11) is 0. The second-order valence-corrected chi connectivity index (χ2v) is 7.83. The molecular formula is C26H22F2N4. The van der Waals surface area contributed by atoms with Crippen LogP contribution in [-0.2, 0) is 13.0 Å². The van der Waals surface area contributed by atoms with E-state index in [1.54, 1.807) is 29.9 Å². The summed E-state index contributed by atoms with van der Waals surface area (Å²) in [6, 6.07) is 19.6. The van der Waals surface area contributed by atoms with Crippen LogP contribution in [0, 0.1) is 18.6 Å². The summed E-state index contributed by atoms with van der Waals surface area (Å²) in [6.07, 6.45) is 2.28. The maximum atomic E-state index is 13.7. The smallest absolute Gasteiger partial charge is 0.126 e. The number of nitrogens with zero attached hydrogens (tertiary/aromatic N) is 4. The minimum absolute atomic E-state index is 0.206. The van der Waals surface area contributed by atoms with E-state index in [1.807, 2.05) is 30.3 Å². The SMILES string of the molecule is CCn1c(Cc2ccnn2-c2cccc(F)c2)nc2cc(-c3ccc(F)c(C)c3)ccc21. The number of hydrogen-bond acceptors (Lipinski definition) is 2. The molecular weight excluding hydrogens is 406 g/mol. The van der Waals surface area contributed by atoms with Crippen LogP contribution < -0.4 is 0 Å². The molecule has 0 bridgehead atoms. The van der Waals surface area contributed by atoms with Crippen LogP contribution in [0.5, 0.6) is 0 Å². The van der Waals surface area contributed by atoms with Gasteiger partial charge in [-0.25, -0.2) is 18.4 Å². The summed E-state index contributed by atoms with van der Waals surface area (Å²) in [5.41, 5.74) is 6.11. The molecule has 3 aromatic carbocycles. The van der Waals surface area contributed by atoms with E-state index in [9.17, 15) is 8.78 Å². The first-order chi connectivity index (χ1) is 15.5. The first kappa shape index (κ1) is 20.1. The maximum Gasteiger partial charge on any atom is 0.126 e. The van der Waals surface area contributed by atoms with Crippen LogP contribution in [0.25, 0.3) is 27.8 Å². The molecule has 2 aromatic heterocycles. The predicted molar refractivity (Wildman–Crippen MR) is 122 cm³/mol. The molecule has 0 saturated heterocycles. The van der Waals surface area contributed by atoms with E-state index in [0.717, 1.165) is 40.2 Å². The van der Waals surface area contributed by atoms with Gasteiger partial charge in [0, 0.05) is 19.2 Å². The van der Waals surface area contributed by atoms with Crippen LogP contribution >= 0.6 is 0 Å². The molecule has 6 heteroatoms. The Bertz CT molecular complexity index is 1430. The van der Waals surface area contributed by atoms with Gasteiger partial charge in [0.05, 0.1) is 22.4 Å². The molecule has 5 aromatic rings. The number of aromatic nitrogens is 4. The van der Waals surface area contributed by atoms with E-state index in [1.165, 1.54) is 18.2 Å². The molecule has 0 unspecified atom stereocenters. The van der Waals surface area contributed by atoms with Crippen molar-refractivity contribution in [2.75, 3.05) is 0 Å². The first-order valence-corrected chi connectivity index (χ1v) is 10.6. The van der Waals surface area contributed by atoms with Crippen molar-refractivity contribution < 1.29 is 8.78 Å². The molecule has 0 fully saturated rings. The first-order valence-electron chi connectivity index (χ1n) is 10.6. The highest BCUT2D eigenvalue weighted by Gasteiger charge is 2.15. The number of hydrogen-bond donors (Lipinski definition) is 0. The highest BCUT2D eigenvalue weighted by atomic mass is 19.1. The number of aryl methyl sites for hydroxylation is 2. The molecule has 0 saturated carbocycles. The predicted octanol–water partition coefficient (Wildman–Crippen LogP) is 6.09. The molecule has 2 heterocycles. The number of rotatable bonds is 5. The molecule has 160 valence electrons. The zero-order valence-corrected chi connectivity index (χ0v) is 17.9. The van der Waals surface area contributed by atoms with Gasteiger partial charge in [-0.15, -0.1) is 0 Å². The third-order valence-electron chi connectivity index (χ3n) is 5.75. The van der Waals surface area contributed by atoms with Crippen molar-refractivity contribution in [3.8, 4) is 16.8 Å². The fraction of sp³-hybridized carbons (Fsp3) is 0.154. The van der Waals surface area contributed by atoms with Crippen LogP contribution in [0.4, 0.5) is 8.78 Å². The van der Waals surface area contributed by atoms with Gasteiger partial charge in [-0.1, -0.05) is 18.2 Å². The van der Waals surface area contributed by atoms with E-state index in [0.29, 0.717) is 17.7 Å². The molecule has 0 spiro atoms. The molecule has 32 heavy (non-hydrogen) atoms. The van der Waals surface area contributed by atoms with Gasteiger partial charge < -0.3 is 4.57 Å². The van der Waals surface area contributed by atoms with Gasteiger partial charge in [-0.05, 0) is 79.1 Å². The highest BCUT2D eigenvalue weighted by molar-refractivity contribution is 5.83. The number of fused-ring (bicyclic) bond motifs is 1. The van der Waals surface area contributed by atoms with Crippen LogP contribution in [-0.4, -0.2) is 19.3 Å². The largest absolute Gasteiger partial charge is 0.328 e. The van der Waals surface area contributed by atoms with E-state index < -0.39 is 0 Å². The average molecular weight is 428 g/mol.